The van der Waals surface area contributed by atoms with Crippen LogP contribution < -0.4 is 10.2 Å². The van der Waals surface area contributed by atoms with Crippen LogP contribution >= 0.6 is 0 Å². The molecule has 1 aromatic carbocycles. The van der Waals surface area contributed by atoms with E-state index < -0.39 is 6.03 Å². The van der Waals surface area contributed by atoms with Gasteiger partial charge in [0.1, 0.15) is 0 Å². The molecule has 0 aliphatic carbocycles. The number of anilines is 1. The minimum absolute atomic E-state index is 0.0231. The van der Waals surface area contributed by atoms with E-state index in [4.69, 9.17) is 4.74 Å². The summed E-state index contributed by atoms with van der Waals surface area (Å²) in [5.74, 6) is -0.292. The molecule has 0 spiro atoms. The number of imide groups is 1. The molecule has 1 aromatic rings. The van der Waals surface area contributed by atoms with Gasteiger partial charge in [-0.3, -0.25) is 19.8 Å². The molecule has 8 heteroatoms. The first kappa shape index (κ1) is 21.8. The normalized spacial score (nSPS) is 22.0. The van der Waals surface area contributed by atoms with Gasteiger partial charge in [0, 0.05) is 50.4 Å². The van der Waals surface area contributed by atoms with Crippen LogP contribution in [0.15, 0.2) is 24.3 Å². The van der Waals surface area contributed by atoms with Crippen molar-refractivity contribution in [2.24, 2.45) is 0 Å². The summed E-state index contributed by atoms with van der Waals surface area (Å²) >= 11 is 0. The van der Waals surface area contributed by atoms with Crippen LogP contribution in [0.4, 0.5) is 10.5 Å². The van der Waals surface area contributed by atoms with Gasteiger partial charge in [-0.15, -0.1) is 0 Å². The molecule has 0 unspecified atom stereocenters. The molecule has 168 valence electrons. The van der Waals surface area contributed by atoms with E-state index in [9.17, 15) is 14.4 Å². The highest BCUT2D eigenvalue weighted by Gasteiger charge is 2.29. The van der Waals surface area contributed by atoms with Gasteiger partial charge in [0.05, 0.1) is 12.2 Å². The Morgan fingerprint density at radius 2 is 1.71 bits per heavy atom. The highest BCUT2D eigenvalue weighted by molar-refractivity contribution is 6.06. The summed E-state index contributed by atoms with van der Waals surface area (Å²) in [7, 11) is 0. The predicted octanol–water partition coefficient (Wildman–Crippen LogP) is 2.24. The molecule has 4 rings (SSSR count). The first-order valence-electron chi connectivity index (χ1n) is 11.4. The largest absolute Gasteiger partial charge is 0.375 e. The van der Waals surface area contributed by atoms with Crippen LogP contribution in [0.1, 0.15) is 49.4 Å². The van der Waals surface area contributed by atoms with E-state index in [1.54, 1.807) is 24.3 Å². The Balaban J connectivity index is 1.30. The molecule has 3 saturated heterocycles. The van der Waals surface area contributed by atoms with Crippen molar-refractivity contribution in [2.45, 2.75) is 51.2 Å². The zero-order valence-corrected chi connectivity index (χ0v) is 18.2. The average Bonchev–Trinajstić information content (AvgIpc) is 2.80. The summed E-state index contributed by atoms with van der Waals surface area (Å²) in [5.41, 5.74) is 1.20. The van der Waals surface area contributed by atoms with Gasteiger partial charge in [0.25, 0.3) is 5.91 Å². The second-order valence-corrected chi connectivity index (χ2v) is 8.57. The molecule has 31 heavy (non-hydrogen) atoms. The van der Waals surface area contributed by atoms with Gasteiger partial charge in [-0.1, -0.05) is 13.0 Å². The van der Waals surface area contributed by atoms with E-state index in [2.05, 4.69) is 17.1 Å². The van der Waals surface area contributed by atoms with Crippen molar-refractivity contribution in [2.75, 3.05) is 44.2 Å². The van der Waals surface area contributed by atoms with E-state index in [1.165, 1.54) is 4.90 Å². The Hall–Kier alpha value is -2.45. The molecule has 0 aromatic heterocycles. The molecule has 0 saturated carbocycles. The van der Waals surface area contributed by atoms with Crippen LogP contribution in [0, 0.1) is 0 Å². The Morgan fingerprint density at radius 1 is 1.03 bits per heavy atom. The maximum atomic E-state index is 13.0. The van der Waals surface area contributed by atoms with Crippen LogP contribution in [0.5, 0.6) is 0 Å². The minimum atomic E-state index is -0.441. The van der Waals surface area contributed by atoms with E-state index in [0.29, 0.717) is 37.0 Å². The Morgan fingerprint density at radius 3 is 2.35 bits per heavy atom. The van der Waals surface area contributed by atoms with E-state index in [0.717, 1.165) is 45.3 Å². The number of hydrogen-bond donors (Lipinski definition) is 1. The number of ether oxygens (including phenoxy) is 1. The summed E-state index contributed by atoms with van der Waals surface area (Å²) in [4.78, 5) is 42.4. The van der Waals surface area contributed by atoms with E-state index in [1.807, 2.05) is 4.90 Å². The highest BCUT2D eigenvalue weighted by atomic mass is 16.5. The molecule has 8 nitrogen and oxygen atoms in total. The average molecular weight is 429 g/mol. The summed E-state index contributed by atoms with van der Waals surface area (Å²) in [6, 6.07) is 6.65. The number of nitrogens with zero attached hydrogens (tertiary/aromatic N) is 3. The molecular weight excluding hydrogens is 396 g/mol. The maximum absolute atomic E-state index is 13.0. The van der Waals surface area contributed by atoms with Crippen molar-refractivity contribution < 1.29 is 19.1 Å². The molecular formula is C23H32N4O4. The first-order chi connectivity index (χ1) is 15.0. The van der Waals surface area contributed by atoms with Gasteiger partial charge in [0.2, 0.25) is 5.91 Å². The lowest BCUT2D eigenvalue weighted by molar-refractivity contribution is -0.120. The van der Waals surface area contributed by atoms with Crippen molar-refractivity contribution in [1.29, 1.82) is 0 Å². The van der Waals surface area contributed by atoms with Crippen molar-refractivity contribution in [3.8, 4) is 0 Å². The Labute approximate surface area is 183 Å². The number of carbonyl (C=O) groups excluding carboxylic acids is 3. The van der Waals surface area contributed by atoms with Gasteiger partial charge < -0.3 is 14.5 Å². The third kappa shape index (κ3) is 5.25. The topological polar surface area (TPSA) is 82.2 Å². The number of carbonyl (C=O) groups is 3. The number of benzene rings is 1. The number of amides is 4. The molecule has 3 aliphatic rings. The first-order valence-corrected chi connectivity index (χ1v) is 11.4. The number of rotatable bonds is 5. The smallest absolute Gasteiger partial charge is 0.328 e. The van der Waals surface area contributed by atoms with Gasteiger partial charge in [-0.2, -0.15) is 0 Å². The van der Waals surface area contributed by atoms with Gasteiger partial charge >= 0.3 is 6.03 Å². The van der Waals surface area contributed by atoms with E-state index in [-0.39, 0.29) is 24.3 Å². The summed E-state index contributed by atoms with van der Waals surface area (Å²) in [6.45, 7) is 7.21. The monoisotopic (exact) mass is 428 g/mol. The van der Waals surface area contributed by atoms with Crippen molar-refractivity contribution >= 4 is 23.5 Å². The molecule has 0 bridgehead atoms. The van der Waals surface area contributed by atoms with Crippen LogP contribution in [0.25, 0.3) is 0 Å². The van der Waals surface area contributed by atoms with Crippen molar-refractivity contribution in [3.63, 3.8) is 0 Å². The van der Waals surface area contributed by atoms with Gasteiger partial charge in [-0.25, -0.2) is 4.79 Å². The zero-order chi connectivity index (χ0) is 21.8. The summed E-state index contributed by atoms with van der Waals surface area (Å²) in [5, 5.41) is 2.32. The third-order valence-corrected chi connectivity index (χ3v) is 6.55. The fraction of sp³-hybridized carbons (Fsp3) is 0.609. The van der Waals surface area contributed by atoms with Crippen LogP contribution in [0.2, 0.25) is 0 Å². The SMILES string of the molecule is CCN1CCC(OC2CCN(C(=O)c3cccc(N4CCC(=O)NC4=O)c3)CC2)CC1. The second-order valence-electron chi connectivity index (χ2n) is 8.57. The lowest BCUT2D eigenvalue weighted by Crippen LogP contribution is -2.49. The quantitative estimate of drug-likeness (QED) is 0.778. The number of urea groups is 1. The number of piperidine rings is 2. The molecule has 4 amide bonds. The van der Waals surface area contributed by atoms with Crippen molar-refractivity contribution in [3.05, 3.63) is 29.8 Å². The Kier molecular flexibility index (Phi) is 6.87. The summed E-state index contributed by atoms with van der Waals surface area (Å²) in [6.07, 6.45) is 4.73. The predicted molar refractivity (Wildman–Crippen MR) is 117 cm³/mol. The fourth-order valence-electron chi connectivity index (χ4n) is 4.63. The second kappa shape index (κ2) is 9.78. The number of hydrogen-bond acceptors (Lipinski definition) is 5. The molecule has 0 atom stereocenters. The third-order valence-electron chi connectivity index (χ3n) is 6.55. The molecule has 0 radical (unpaired) electrons. The van der Waals surface area contributed by atoms with Crippen LogP contribution in [0.3, 0.4) is 0 Å². The molecule has 3 aliphatic heterocycles. The molecule has 3 heterocycles. The zero-order valence-electron chi connectivity index (χ0n) is 18.2. The van der Waals surface area contributed by atoms with Crippen molar-refractivity contribution in [1.82, 2.24) is 15.1 Å². The highest BCUT2D eigenvalue weighted by Crippen LogP contribution is 2.24. The lowest BCUT2D eigenvalue weighted by Gasteiger charge is -2.37. The minimum Gasteiger partial charge on any atom is -0.375 e. The standard InChI is InChI=1S/C23H32N4O4/c1-2-25-11-6-19(7-12-25)31-20-8-13-26(14-9-20)22(29)17-4-3-5-18(16-17)27-15-10-21(28)24-23(27)30/h3-5,16,19-20H,2,6-15H2,1H3,(H,24,28,30). The molecule has 3 fully saturated rings. The lowest BCUT2D eigenvalue weighted by atomic mass is 10.0. The number of likely N-dealkylation sites (tertiary alicyclic amines) is 2. The van der Waals surface area contributed by atoms with Gasteiger partial charge in [-0.05, 0) is 50.4 Å². The van der Waals surface area contributed by atoms with Crippen LogP contribution in [-0.4, -0.2) is 79.1 Å². The van der Waals surface area contributed by atoms with E-state index >= 15 is 0 Å². The Bertz CT molecular complexity index is 814. The van der Waals surface area contributed by atoms with Crippen LogP contribution in [-0.2, 0) is 9.53 Å². The summed E-state index contributed by atoms with van der Waals surface area (Å²) < 4.78 is 6.33. The number of nitrogens with one attached hydrogen (secondary N) is 1. The maximum Gasteiger partial charge on any atom is 0.328 e. The van der Waals surface area contributed by atoms with Gasteiger partial charge in [0.15, 0.2) is 0 Å². The molecule has 1 N–H and O–H groups in total. The fourth-order valence-corrected chi connectivity index (χ4v) is 4.63.